The number of esters is 1. The highest BCUT2D eigenvalue weighted by molar-refractivity contribution is 5.76. The van der Waals surface area contributed by atoms with Crippen molar-refractivity contribution >= 4 is 11.9 Å². The molecule has 0 unspecified atom stereocenters. The van der Waals surface area contributed by atoms with Gasteiger partial charge in [-0.25, -0.2) is 0 Å². The first kappa shape index (κ1) is 12.0. The van der Waals surface area contributed by atoms with Gasteiger partial charge in [0.15, 0.2) is 0 Å². The topological polar surface area (TPSA) is 46.6 Å². The number of rotatable bonds is 3. The van der Waals surface area contributed by atoms with Crippen LogP contribution in [0, 0.1) is 5.92 Å². The monoisotopic (exact) mass is 213 g/mol. The molecule has 1 aliphatic rings. The Morgan fingerprint density at radius 2 is 2.27 bits per heavy atom. The van der Waals surface area contributed by atoms with Crippen LogP contribution in [-0.4, -0.2) is 37.5 Å². The Morgan fingerprint density at radius 1 is 1.53 bits per heavy atom. The van der Waals surface area contributed by atoms with E-state index in [4.69, 9.17) is 0 Å². The number of amides is 1. The summed E-state index contributed by atoms with van der Waals surface area (Å²) in [5.74, 6) is 0.549. The number of methoxy groups -OCH3 is 1. The first-order valence-corrected chi connectivity index (χ1v) is 5.44. The number of hydrogen-bond acceptors (Lipinski definition) is 3. The van der Waals surface area contributed by atoms with Crippen LogP contribution in [0.5, 0.6) is 0 Å². The molecule has 4 nitrogen and oxygen atoms in total. The third-order valence-corrected chi connectivity index (χ3v) is 3.05. The average Bonchev–Trinajstić information content (AvgIpc) is 2.40. The molecule has 0 aromatic heterocycles. The van der Waals surface area contributed by atoms with E-state index in [0.717, 1.165) is 25.8 Å². The van der Waals surface area contributed by atoms with Gasteiger partial charge >= 0.3 is 5.97 Å². The van der Waals surface area contributed by atoms with Crippen LogP contribution >= 0.6 is 0 Å². The van der Waals surface area contributed by atoms with E-state index in [1.54, 1.807) is 4.90 Å². The van der Waals surface area contributed by atoms with Crippen molar-refractivity contribution in [2.45, 2.75) is 32.1 Å². The molecule has 0 radical (unpaired) electrons. The number of likely N-dealkylation sites (tertiary alicyclic amines) is 1. The maximum atomic E-state index is 11.4. The Kier molecular flexibility index (Phi) is 4.59. The van der Waals surface area contributed by atoms with Crippen LogP contribution in [0.2, 0.25) is 0 Å². The summed E-state index contributed by atoms with van der Waals surface area (Å²) in [5.41, 5.74) is 0. The predicted octanol–water partition coefficient (Wildman–Crippen LogP) is 1.20. The van der Waals surface area contributed by atoms with Crippen LogP contribution in [0.25, 0.3) is 0 Å². The lowest BCUT2D eigenvalue weighted by molar-refractivity contribution is -0.141. The molecule has 0 aromatic carbocycles. The molecule has 86 valence electrons. The third kappa shape index (κ3) is 3.90. The average molecular weight is 213 g/mol. The summed E-state index contributed by atoms with van der Waals surface area (Å²) in [7, 11) is 3.25. The molecule has 1 heterocycles. The lowest BCUT2D eigenvalue weighted by Gasteiger charge is -2.14. The smallest absolute Gasteiger partial charge is 0.305 e. The van der Waals surface area contributed by atoms with Gasteiger partial charge in [-0.15, -0.1) is 0 Å². The summed E-state index contributed by atoms with van der Waals surface area (Å²) in [6.07, 6.45) is 3.83. The zero-order chi connectivity index (χ0) is 11.3. The molecule has 1 amide bonds. The van der Waals surface area contributed by atoms with Crippen LogP contribution < -0.4 is 0 Å². The van der Waals surface area contributed by atoms with Crippen molar-refractivity contribution in [3.8, 4) is 0 Å². The van der Waals surface area contributed by atoms with E-state index < -0.39 is 0 Å². The molecule has 0 spiro atoms. The minimum atomic E-state index is -0.154. The third-order valence-electron chi connectivity index (χ3n) is 3.05. The van der Waals surface area contributed by atoms with Crippen molar-refractivity contribution in [2.24, 2.45) is 5.92 Å². The molecule has 15 heavy (non-hydrogen) atoms. The molecule has 0 N–H and O–H groups in total. The number of hydrogen-bond donors (Lipinski definition) is 0. The fourth-order valence-corrected chi connectivity index (χ4v) is 1.88. The predicted molar refractivity (Wildman–Crippen MR) is 56.2 cm³/mol. The van der Waals surface area contributed by atoms with E-state index in [2.05, 4.69) is 4.74 Å². The molecule has 1 atom stereocenters. The SMILES string of the molecule is COC(=O)CC[C@@H]1CCC(=O)N(C)CC1. The normalized spacial score (nSPS) is 22.4. The Hall–Kier alpha value is -1.06. The fourth-order valence-electron chi connectivity index (χ4n) is 1.88. The summed E-state index contributed by atoms with van der Waals surface area (Å²) in [4.78, 5) is 24.1. The molecule has 1 saturated heterocycles. The summed E-state index contributed by atoms with van der Waals surface area (Å²) in [6.45, 7) is 0.810. The summed E-state index contributed by atoms with van der Waals surface area (Å²) >= 11 is 0. The van der Waals surface area contributed by atoms with Gasteiger partial charge in [-0.1, -0.05) is 0 Å². The molecule has 1 aliphatic heterocycles. The summed E-state index contributed by atoms with van der Waals surface area (Å²) < 4.78 is 4.60. The number of carbonyl (C=O) groups is 2. The minimum absolute atomic E-state index is 0.154. The molecule has 0 bridgehead atoms. The number of nitrogens with zero attached hydrogens (tertiary/aromatic N) is 1. The van der Waals surface area contributed by atoms with Crippen molar-refractivity contribution in [3.63, 3.8) is 0 Å². The van der Waals surface area contributed by atoms with Crippen molar-refractivity contribution in [2.75, 3.05) is 20.7 Å². The van der Waals surface area contributed by atoms with Gasteiger partial charge in [0.25, 0.3) is 0 Å². The molecular weight excluding hydrogens is 194 g/mol. The Morgan fingerprint density at radius 3 is 2.93 bits per heavy atom. The fraction of sp³-hybridized carbons (Fsp3) is 0.818. The second-order valence-corrected chi connectivity index (χ2v) is 4.12. The lowest BCUT2D eigenvalue weighted by Crippen LogP contribution is -2.25. The molecule has 0 aliphatic carbocycles. The first-order chi connectivity index (χ1) is 7.13. The van der Waals surface area contributed by atoms with Gasteiger partial charge in [0.05, 0.1) is 7.11 Å². The van der Waals surface area contributed by atoms with E-state index >= 15 is 0 Å². The molecule has 4 heteroatoms. The number of ether oxygens (including phenoxy) is 1. The van der Waals surface area contributed by atoms with Crippen molar-refractivity contribution < 1.29 is 14.3 Å². The van der Waals surface area contributed by atoms with Crippen LogP contribution in [0.3, 0.4) is 0 Å². The van der Waals surface area contributed by atoms with E-state index in [1.165, 1.54) is 7.11 Å². The van der Waals surface area contributed by atoms with E-state index in [9.17, 15) is 9.59 Å². The molecule has 0 aromatic rings. The van der Waals surface area contributed by atoms with Gasteiger partial charge in [-0.05, 0) is 25.2 Å². The van der Waals surface area contributed by atoms with Crippen molar-refractivity contribution in [1.82, 2.24) is 4.90 Å². The molecule has 1 rings (SSSR count). The number of carbonyl (C=O) groups excluding carboxylic acids is 2. The Bertz CT molecular complexity index is 240. The zero-order valence-corrected chi connectivity index (χ0v) is 9.49. The van der Waals surface area contributed by atoms with Gasteiger partial charge in [-0.3, -0.25) is 9.59 Å². The van der Waals surface area contributed by atoms with Crippen molar-refractivity contribution in [3.05, 3.63) is 0 Å². The highest BCUT2D eigenvalue weighted by Crippen LogP contribution is 2.22. The van der Waals surface area contributed by atoms with Gasteiger partial charge in [0.2, 0.25) is 5.91 Å². The molecular formula is C11H19NO3. The highest BCUT2D eigenvalue weighted by atomic mass is 16.5. The van der Waals surface area contributed by atoms with Gasteiger partial charge in [0, 0.05) is 26.4 Å². The largest absolute Gasteiger partial charge is 0.469 e. The maximum absolute atomic E-state index is 11.4. The van der Waals surface area contributed by atoms with Crippen LogP contribution in [-0.2, 0) is 14.3 Å². The van der Waals surface area contributed by atoms with Gasteiger partial charge in [-0.2, -0.15) is 0 Å². The second-order valence-electron chi connectivity index (χ2n) is 4.12. The molecule has 1 fully saturated rings. The highest BCUT2D eigenvalue weighted by Gasteiger charge is 2.20. The van der Waals surface area contributed by atoms with E-state index in [0.29, 0.717) is 18.8 Å². The van der Waals surface area contributed by atoms with E-state index in [1.807, 2.05) is 7.05 Å². The maximum Gasteiger partial charge on any atom is 0.305 e. The Balaban J connectivity index is 2.31. The zero-order valence-electron chi connectivity index (χ0n) is 9.49. The quantitative estimate of drug-likeness (QED) is 0.662. The van der Waals surface area contributed by atoms with Crippen LogP contribution in [0.4, 0.5) is 0 Å². The first-order valence-electron chi connectivity index (χ1n) is 5.44. The summed E-state index contributed by atoms with van der Waals surface area (Å²) in [5, 5.41) is 0. The summed E-state index contributed by atoms with van der Waals surface area (Å²) in [6, 6.07) is 0. The standard InChI is InChI=1S/C11H19NO3/c1-12-8-7-9(3-5-10(12)13)4-6-11(14)15-2/h9H,3-8H2,1-2H3/t9-/m0/s1. The Labute approximate surface area is 90.6 Å². The lowest BCUT2D eigenvalue weighted by atomic mass is 9.95. The van der Waals surface area contributed by atoms with E-state index in [-0.39, 0.29) is 11.9 Å². The minimum Gasteiger partial charge on any atom is -0.469 e. The van der Waals surface area contributed by atoms with Gasteiger partial charge < -0.3 is 9.64 Å². The van der Waals surface area contributed by atoms with Crippen LogP contribution in [0.1, 0.15) is 32.1 Å². The second kappa shape index (κ2) is 5.73. The van der Waals surface area contributed by atoms with Gasteiger partial charge in [0.1, 0.15) is 0 Å². The molecule has 0 saturated carbocycles. The van der Waals surface area contributed by atoms with Crippen LogP contribution in [0.15, 0.2) is 0 Å². The van der Waals surface area contributed by atoms with Crippen molar-refractivity contribution in [1.29, 1.82) is 0 Å².